The van der Waals surface area contributed by atoms with E-state index in [-0.39, 0.29) is 28.2 Å². The molecule has 3 aromatic rings. The Bertz CT molecular complexity index is 1350. The summed E-state index contributed by atoms with van der Waals surface area (Å²) in [7, 11) is 0. The van der Waals surface area contributed by atoms with Gasteiger partial charge in [0, 0.05) is 11.7 Å². The fourth-order valence-electron chi connectivity index (χ4n) is 4.96. The first-order chi connectivity index (χ1) is 18.7. The zero-order chi connectivity index (χ0) is 28.1. The molecular weight excluding hydrogens is 514 g/mol. The van der Waals surface area contributed by atoms with Gasteiger partial charge in [0.25, 0.3) is 11.8 Å². The van der Waals surface area contributed by atoms with Crippen LogP contribution >= 0.6 is 11.5 Å². The van der Waals surface area contributed by atoms with E-state index in [1.807, 2.05) is 39.0 Å². The zero-order valence-corrected chi connectivity index (χ0v) is 23.3. The van der Waals surface area contributed by atoms with Crippen molar-refractivity contribution in [1.29, 1.82) is 0 Å². The number of carbonyl (C=O) groups is 3. The highest BCUT2D eigenvalue weighted by Gasteiger charge is 2.37. The molecule has 0 aliphatic heterocycles. The molecule has 0 saturated heterocycles. The lowest BCUT2D eigenvalue weighted by Crippen LogP contribution is -2.47. The van der Waals surface area contributed by atoms with Gasteiger partial charge in [0.05, 0.1) is 12.3 Å². The van der Waals surface area contributed by atoms with Gasteiger partial charge in [-0.3, -0.25) is 19.3 Å². The largest absolute Gasteiger partial charge is 0.494 e. The van der Waals surface area contributed by atoms with Gasteiger partial charge in [0.2, 0.25) is 5.91 Å². The van der Waals surface area contributed by atoms with Crippen molar-refractivity contribution in [1.82, 2.24) is 9.69 Å². The van der Waals surface area contributed by atoms with E-state index in [1.54, 1.807) is 24.3 Å². The molecule has 1 fully saturated rings. The molecule has 9 nitrogen and oxygen atoms in total. The SMILES string of the molecule is CCOc1ccc([C@@H](C(=O)NC2CCCCC2)N(C(=O)c2snc(C(N)=O)c2N)c2cccc(C)c2C)cc1. The first-order valence-electron chi connectivity index (χ1n) is 13.2. The monoisotopic (exact) mass is 549 g/mol. The van der Waals surface area contributed by atoms with Crippen LogP contribution in [0.1, 0.15) is 81.9 Å². The summed E-state index contributed by atoms with van der Waals surface area (Å²) in [4.78, 5) is 41.8. The number of nitrogens with two attached hydrogens (primary N) is 2. The molecule has 0 unspecified atom stereocenters. The predicted molar refractivity (Wildman–Crippen MR) is 153 cm³/mol. The summed E-state index contributed by atoms with van der Waals surface area (Å²) < 4.78 is 9.64. The molecule has 1 heterocycles. The summed E-state index contributed by atoms with van der Waals surface area (Å²) in [5, 5.41) is 3.20. The average molecular weight is 550 g/mol. The number of nitrogen functional groups attached to an aromatic ring is 1. The number of hydrogen-bond acceptors (Lipinski definition) is 7. The normalized spacial score (nSPS) is 14.4. The lowest BCUT2D eigenvalue weighted by Gasteiger charge is -2.34. The van der Waals surface area contributed by atoms with Crippen LogP contribution in [0.2, 0.25) is 0 Å². The summed E-state index contributed by atoms with van der Waals surface area (Å²) in [6, 6.07) is 11.8. The summed E-state index contributed by atoms with van der Waals surface area (Å²) in [5.41, 5.74) is 14.3. The third-order valence-corrected chi connectivity index (χ3v) is 8.03. The van der Waals surface area contributed by atoms with Crippen LogP contribution in [0.5, 0.6) is 5.75 Å². The van der Waals surface area contributed by atoms with E-state index in [4.69, 9.17) is 16.2 Å². The Morgan fingerprint density at radius 3 is 2.41 bits per heavy atom. The van der Waals surface area contributed by atoms with Gasteiger partial charge in [-0.05, 0) is 80.0 Å². The molecule has 0 radical (unpaired) electrons. The molecule has 0 bridgehead atoms. The van der Waals surface area contributed by atoms with Crippen molar-refractivity contribution in [2.45, 2.75) is 65.0 Å². The Kier molecular flexibility index (Phi) is 8.86. The molecule has 1 atom stereocenters. The van der Waals surface area contributed by atoms with E-state index in [9.17, 15) is 14.4 Å². The van der Waals surface area contributed by atoms with Crippen molar-refractivity contribution in [3.63, 3.8) is 0 Å². The van der Waals surface area contributed by atoms with Gasteiger partial charge in [0.1, 0.15) is 16.7 Å². The van der Waals surface area contributed by atoms with Crippen molar-refractivity contribution in [2.75, 3.05) is 17.2 Å². The molecule has 1 saturated carbocycles. The number of carbonyl (C=O) groups excluding carboxylic acids is 3. The second-order valence-corrected chi connectivity index (χ2v) is 10.6. The average Bonchev–Trinajstić information content (AvgIpc) is 3.31. The van der Waals surface area contributed by atoms with Crippen LogP contribution in [0.15, 0.2) is 42.5 Å². The molecule has 5 N–H and O–H groups in total. The van der Waals surface area contributed by atoms with Crippen LogP contribution in [0.25, 0.3) is 0 Å². The van der Waals surface area contributed by atoms with E-state index in [0.29, 0.717) is 23.6 Å². The van der Waals surface area contributed by atoms with Crippen molar-refractivity contribution < 1.29 is 19.1 Å². The first kappa shape index (κ1) is 28.1. The van der Waals surface area contributed by atoms with E-state index in [2.05, 4.69) is 9.69 Å². The van der Waals surface area contributed by atoms with Gasteiger partial charge >= 0.3 is 0 Å². The van der Waals surface area contributed by atoms with E-state index >= 15 is 0 Å². The highest BCUT2D eigenvalue weighted by Crippen LogP contribution is 2.36. The molecular formula is C29H35N5O4S. The van der Waals surface area contributed by atoms with Crippen LogP contribution in [0, 0.1) is 13.8 Å². The lowest BCUT2D eigenvalue weighted by atomic mass is 9.94. The van der Waals surface area contributed by atoms with Gasteiger partial charge in [-0.1, -0.05) is 43.5 Å². The summed E-state index contributed by atoms with van der Waals surface area (Å²) in [6.45, 7) is 6.26. The molecule has 3 amide bonds. The fraction of sp³-hybridized carbons (Fsp3) is 0.379. The molecule has 4 rings (SSSR count). The van der Waals surface area contributed by atoms with Crippen LogP contribution in [-0.4, -0.2) is 34.7 Å². The summed E-state index contributed by atoms with van der Waals surface area (Å²) in [6.07, 6.45) is 5.03. The van der Waals surface area contributed by atoms with Crippen LogP contribution < -0.4 is 26.4 Å². The second kappa shape index (κ2) is 12.3. The molecule has 2 aromatic carbocycles. The predicted octanol–water partition coefficient (Wildman–Crippen LogP) is 4.68. The Labute approximate surface area is 232 Å². The molecule has 1 aromatic heterocycles. The minimum Gasteiger partial charge on any atom is -0.494 e. The van der Waals surface area contributed by atoms with Crippen molar-refractivity contribution >= 4 is 40.6 Å². The Balaban J connectivity index is 1.87. The number of aromatic nitrogens is 1. The standard InChI is InChI=1S/C29H35N5O4S/c1-4-38-21-15-13-19(14-16-21)25(28(36)32-20-10-6-5-7-11-20)34(22-12-8-9-17(2)18(22)3)29(37)26-23(30)24(27(31)35)33-39-26/h8-9,12-16,20,25H,4-7,10-11,30H2,1-3H3,(H2,31,35)(H,32,36)/t25-/m0/s1. The van der Waals surface area contributed by atoms with Crippen molar-refractivity contribution in [3.8, 4) is 5.75 Å². The Morgan fingerprint density at radius 1 is 1.10 bits per heavy atom. The topological polar surface area (TPSA) is 141 Å². The summed E-state index contributed by atoms with van der Waals surface area (Å²) in [5.74, 6) is -0.989. The molecule has 1 aliphatic rings. The number of benzene rings is 2. The quantitative estimate of drug-likeness (QED) is 0.354. The molecule has 0 spiro atoms. The molecule has 10 heteroatoms. The van der Waals surface area contributed by atoms with Crippen molar-refractivity contribution in [2.24, 2.45) is 5.73 Å². The highest BCUT2D eigenvalue weighted by atomic mass is 32.1. The van der Waals surface area contributed by atoms with Gasteiger partial charge in [-0.2, -0.15) is 4.37 Å². The number of ether oxygens (including phenoxy) is 1. The van der Waals surface area contributed by atoms with Gasteiger partial charge in [-0.25, -0.2) is 0 Å². The smallest absolute Gasteiger partial charge is 0.273 e. The van der Waals surface area contributed by atoms with E-state index in [0.717, 1.165) is 54.8 Å². The molecule has 39 heavy (non-hydrogen) atoms. The van der Waals surface area contributed by atoms with Gasteiger partial charge in [-0.15, -0.1) is 0 Å². The highest BCUT2D eigenvalue weighted by molar-refractivity contribution is 7.09. The maximum absolute atomic E-state index is 14.3. The third kappa shape index (κ3) is 6.06. The Morgan fingerprint density at radius 2 is 1.79 bits per heavy atom. The lowest BCUT2D eigenvalue weighted by molar-refractivity contribution is -0.123. The fourth-order valence-corrected chi connectivity index (χ4v) is 5.70. The zero-order valence-electron chi connectivity index (χ0n) is 22.5. The van der Waals surface area contributed by atoms with Gasteiger partial charge < -0.3 is 21.5 Å². The number of nitrogens with zero attached hydrogens (tertiary/aromatic N) is 2. The number of aryl methyl sites for hydroxylation is 1. The molecule has 206 valence electrons. The number of anilines is 2. The molecule has 1 aliphatic carbocycles. The van der Waals surface area contributed by atoms with E-state index < -0.39 is 17.9 Å². The minimum atomic E-state index is -1.02. The van der Waals surface area contributed by atoms with Crippen LogP contribution in [0.3, 0.4) is 0 Å². The maximum atomic E-state index is 14.3. The van der Waals surface area contributed by atoms with Crippen LogP contribution in [0.4, 0.5) is 11.4 Å². The third-order valence-electron chi connectivity index (χ3n) is 7.17. The van der Waals surface area contributed by atoms with Gasteiger partial charge in [0.15, 0.2) is 5.69 Å². The number of rotatable bonds is 9. The Hall–Kier alpha value is -3.92. The maximum Gasteiger partial charge on any atom is 0.273 e. The number of primary amides is 1. The first-order valence-corrected chi connectivity index (χ1v) is 14.0. The number of nitrogens with one attached hydrogen (secondary N) is 1. The summed E-state index contributed by atoms with van der Waals surface area (Å²) >= 11 is 0.796. The minimum absolute atomic E-state index is 0.0296. The second-order valence-electron chi connectivity index (χ2n) is 9.78. The van der Waals surface area contributed by atoms with Crippen LogP contribution in [-0.2, 0) is 4.79 Å². The number of amides is 3. The number of hydrogen-bond donors (Lipinski definition) is 3. The van der Waals surface area contributed by atoms with Crippen molar-refractivity contribution in [3.05, 3.63) is 69.7 Å². The van der Waals surface area contributed by atoms with E-state index in [1.165, 1.54) is 4.90 Å².